The zero-order valence-corrected chi connectivity index (χ0v) is 8.08. The summed E-state index contributed by atoms with van der Waals surface area (Å²) in [6, 6.07) is 9.68. The predicted molar refractivity (Wildman–Crippen MR) is 37.3 cm³/mol. The quantitative estimate of drug-likeness (QED) is 0.366. The van der Waals surface area contributed by atoms with Gasteiger partial charge >= 0.3 is 29.6 Å². The van der Waals surface area contributed by atoms with E-state index in [0.29, 0.717) is 6.42 Å². The van der Waals surface area contributed by atoms with Gasteiger partial charge in [0.15, 0.2) is 0 Å². The molecule has 1 aromatic rings. The Morgan fingerprint density at radius 1 is 1.30 bits per heavy atom. The van der Waals surface area contributed by atoms with Crippen LogP contribution in [0.25, 0.3) is 0 Å². The summed E-state index contributed by atoms with van der Waals surface area (Å²) in [5, 5.41) is 0. The Kier molecular flexibility index (Phi) is 5.60. The van der Waals surface area contributed by atoms with E-state index in [0.717, 1.165) is 11.8 Å². The predicted octanol–water partition coefficient (Wildman–Crippen LogP) is -1.46. The number of carbonyl (C=O) groups is 1. The molecule has 1 aromatic carbocycles. The van der Waals surface area contributed by atoms with E-state index in [1.165, 1.54) is 0 Å². The Hall–Kier alpha value is -0.110. The van der Waals surface area contributed by atoms with Crippen molar-refractivity contribution in [3.05, 3.63) is 35.9 Å². The molecule has 0 radical (unpaired) electrons. The molecule has 0 bridgehead atoms. The van der Waals surface area contributed by atoms with Crippen LogP contribution in [0.4, 0.5) is 0 Å². The van der Waals surface area contributed by atoms with Crippen molar-refractivity contribution in [3.8, 4) is 0 Å². The fraction of sp³-hybridized carbons (Fsp3) is 0.125. The molecule has 1 rings (SSSR count). The molecule has 0 aliphatic heterocycles. The molecule has 0 aliphatic carbocycles. The molecule has 0 aromatic heterocycles. The average molecular weight is 144 g/mol. The molecule has 1 nitrogen and oxygen atoms in total. The van der Waals surface area contributed by atoms with E-state index in [9.17, 15) is 4.79 Å². The van der Waals surface area contributed by atoms with Gasteiger partial charge in [-0.1, -0.05) is 30.3 Å². The molecule has 0 fully saturated rings. The van der Waals surface area contributed by atoms with Crippen LogP contribution < -0.4 is 29.6 Å². The van der Waals surface area contributed by atoms with Crippen LogP contribution in [0.3, 0.4) is 0 Å². The second-order valence-electron chi connectivity index (χ2n) is 1.86. The van der Waals surface area contributed by atoms with E-state index in [2.05, 4.69) is 0 Å². The Morgan fingerprint density at radius 2 is 1.90 bits per heavy atom. The van der Waals surface area contributed by atoms with Gasteiger partial charge in [-0.15, -0.1) is 0 Å². The Morgan fingerprint density at radius 3 is 2.40 bits per heavy atom. The van der Waals surface area contributed by atoms with Crippen molar-refractivity contribution >= 4 is 6.29 Å². The molecule has 48 valence electrons. The molecular formula is C8H9NaO. The third-order valence-electron chi connectivity index (χ3n) is 1.16. The molecule has 0 saturated carbocycles. The molecule has 10 heavy (non-hydrogen) atoms. The minimum absolute atomic E-state index is 0. The molecule has 0 aliphatic rings. The molecule has 0 N–H and O–H groups in total. The van der Waals surface area contributed by atoms with Crippen LogP contribution in [0.2, 0.25) is 0 Å². The van der Waals surface area contributed by atoms with Crippen molar-refractivity contribution in [2.24, 2.45) is 0 Å². The summed E-state index contributed by atoms with van der Waals surface area (Å²) < 4.78 is 0. The van der Waals surface area contributed by atoms with Gasteiger partial charge in [0.1, 0.15) is 6.29 Å². The number of hydrogen-bond donors (Lipinski definition) is 0. The first kappa shape index (κ1) is 9.89. The molecule has 0 heterocycles. The zero-order chi connectivity index (χ0) is 6.53. The summed E-state index contributed by atoms with van der Waals surface area (Å²) in [6.07, 6.45) is 1.44. The summed E-state index contributed by atoms with van der Waals surface area (Å²) in [6.45, 7) is 0. The standard InChI is InChI=1S/C8H8O.Na.H/c9-7-6-8-4-2-1-3-5-8;;/h1-5,7H,6H2;;/q;+1;-1. The van der Waals surface area contributed by atoms with Gasteiger partial charge in [0.05, 0.1) is 0 Å². The SMILES string of the molecule is O=CCc1ccccc1.[H-].[Na+]. The first-order valence-corrected chi connectivity index (χ1v) is 2.91. The van der Waals surface area contributed by atoms with Crippen molar-refractivity contribution in [2.75, 3.05) is 0 Å². The largest absolute Gasteiger partial charge is 1.00 e. The monoisotopic (exact) mass is 144 g/mol. The summed E-state index contributed by atoms with van der Waals surface area (Å²) in [4.78, 5) is 9.97. The van der Waals surface area contributed by atoms with Crippen molar-refractivity contribution < 1.29 is 35.8 Å². The number of aldehydes is 1. The van der Waals surface area contributed by atoms with E-state index in [1.807, 2.05) is 30.3 Å². The first-order chi connectivity index (χ1) is 4.43. The van der Waals surface area contributed by atoms with Crippen LogP contribution in [0.5, 0.6) is 0 Å². The van der Waals surface area contributed by atoms with Gasteiger partial charge in [0, 0.05) is 6.42 Å². The maximum atomic E-state index is 9.97. The molecule has 2 heteroatoms. The summed E-state index contributed by atoms with van der Waals surface area (Å²) in [7, 11) is 0. The van der Waals surface area contributed by atoms with Gasteiger partial charge in [0.25, 0.3) is 0 Å². The van der Waals surface area contributed by atoms with Gasteiger partial charge in [-0.05, 0) is 5.56 Å². The second kappa shape index (κ2) is 5.66. The normalized spacial score (nSPS) is 8.00. The number of hydrogen-bond acceptors (Lipinski definition) is 1. The van der Waals surface area contributed by atoms with Gasteiger partial charge in [-0.3, -0.25) is 0 Å². The molecule has 0 amide bonds. The third-order valence-corrected chi connectivity index (χ3v) is 1.16. The summed E-state index contributed by atoms with van der Waals surface area (Å²) in [5.41, 5.74) is 1.08. The van der Waals surface area contributed by atoms with E-state index < -0.39 is 0 Å². The van der Waals surface area contributed by atoms with Gasteiger partial charge < -0.3 is 6.22 Å². The molecular weight excluding hydrogens is 135 g/mol. The second-order valence-corrected chi connectivity index (χ2v) is 1.86. The Balaban J connectivity index is 0. The van der Waals surface area contributed by atoms with Crippen molar-refractivity contribution in [1.82, 2.24) is 0 Å². The number of carbonyl (C=O) groups excluding carboxylic acids is 1. The topological polar surface area (TPSA) is 17.1 Å². The summed E-state index contributed by atoms with van der Waals surface area (Å²) in [5.74, 6) is 0. The van der Waals surface area contributed by atoms with Crippen LogP contribution in [0.15, 0.2) is 30.3 Å². The molecule has 0 saturated heterocycles. The van der Waals surface area contributed by atoms with Crippen molar-refractivity contribution in [1.29, 1.82) is 0 Å². The first-order valence-electron chi connectivity index (χ1n) is 2.91. The zero-order valence-electron chi connectivity index (χ0n) is 7.08. The Labute approximate surface area is 84.2 Å². The number of benzene rings is 1. The van der Waals surface area contributed by atoms with Crippen molar-refractivity contribution in [3.63, 3.8) is 0 Å². The fourth-order valence-corrected chi connectivity index (χ4v) is 0.710. The van der Waals surface area contributed by atoms with Gasteiger partial charge in [0.2, 0.25) is 0 Å². The number of rotatable bonds is 2. The van der Waals surface area contributed by atoms with E-state index in [-0.39, 0.29) is 31.0 Å². The maximum Gasteiger partial charge on any atom is 1.00 e. The Bertz CT molecular complexity index is 189. The summed E-state index contributed by atoms with van der Waals surface area (Å²) >= 11 is 0. The minimum atomic E-state index is 0. The average Bonchev–Trinajstić information content (AvgIpc) is 1.91. The van der Waals surface area contributed by atoms with Crippen LogP contribution >= 0.6 is 0 Å². The van der Waals surface area contributed by atoms with Crippen LogP contribution in [0.1, 0.15) is 6.99 Å². The minimum Gasteiger partial charge on any atom is -1.00 e. The van der Waals surface area contributed by atoms with Gasteiger partial charge in [-0.25, -0.2) is 0 Å². The molecule has 0 spiro atoms. The van der Waals surface area contributed by atoms with Crippen molar-refractivity contribution in [2.45, 2.75) is 6.42 Å². The molecule has 0 unspecified atom stereocenters. The maximum absolute atomic E-state index is 9.97. The third kappa shape index (κ3) is 3.16. The van der Waals surface area contributed by atoms with E-state index in [1.54, 1.807) is 0 Å². The molecule has 0 atom stereocenters. The van der Waals surface area contributed by atoms with Crippen LogP contribution in [-0.4, -0.2) is 6.29 Å². The van der Waals surface area contributed by atoms with Gasteiger partial charge in [-0.2, -0.15) is 0 Å². The van der Waals surface area contributed by atoms with E-state index >= 15 is 0 Å². The van der Waals surface area contributed by atoms with E-state index in [4.69, 9.17) is 0 Å². The fourth-order valence-electron chi connectivity index (χ4n) is 0.710. The van der Waals surface area contributed by atoms with Crippen LogP contribution in [0, 0.1) is 0 Å². The van der Waals surface area contributed by atoms with Crippen LogP contribution in [-0.2, 0) is 11.2 Å². The smallest absolute Gasteiger partial charge is 1.00 e.